The van der Waals surface area contributed by atoms with Gasteiger partial charge in [0.25, 0.3) is 5.78 Å². The Morgan fingerprint density at radius 3 is 2.79 bits per heavy atom. The van der Waals surface area contributed by atoms with Gasteiger partial charge in [-0.2, -0.15) is 0 Å². The average molecular weight is 283 g/mol. The van der Waals surface area contributed by atoms with E-state index in [4.69, 9.17) is 20.8 Å². The van der Waals surface area contributed by atoms with Gasteiger partial charge in [0.15, 0.2) is 11.3 Å². The van der Waals surface area contributed by atoms with Crippen molar-refractivity contribution in [3.63, 3.8) is 0 Å². The maximum Gasteiger partial charge on any atom is 0.379 e. The molecule has 0 saturated carbocycles. The van der Waals surface area contributed by atoms with Crippen LogP contribution in [0.3, 0.4) is 0 Å². The number of methoxy groups -OCH3 is 1. The number of hydrogen-bond acceptors (Lipinski definition) is 5. The molecule has 0 bridgehead atoms. The Labute approximate surface area is 114 Å². The molecule has 0 fully saturated rings. The zero-order valence-electron chi connectivity index (χ0n) is 10.4. The molecule has 19 heavy (non-hydrogen) atoms. The lowest BCUT2D eigenvalue weighted by Crippen LogP contribution is -2.18. The molecule has 0 amide bonds. The van der Waals surface area contributed by atoms with E-state index in [-0.39, 0.29) is 17.2 Å². The van der Waals surface area contributed by atoms with Crippen molar-refractivity contribution in [3.05, 3.63) is 29.0 Å². The van der Waals surface area contributed by atoms with Gasteiger partial charge in [0, 0.05) is 5.39 Å². The summed E-state index contributed by atoms with van der Waals surface area (Å²) in [5, 5.41) is 0.649. The first-order valence-electron chi connectivity index (χ1n) is 5.55. The van der Waals surface area contributed by atoms with Crippen molar-refractivity contribution in [3.8, 4) is 5.75 Å². The number of ketones is 1. The molecule has 0 radical (unpaired) electrons. The molecule has 0 unspecified atom stereocenters. The highest BCUT2D eigenvalue weighted by Gasteiger charge is 2.24. The smallest absolute Gasteiger partial charge is 0.379 e. The second-order valence-electron chi connectivity index (χ2n) is 3.65. The summed E-state index contributed by atoms with van der Waals surface area (Å²) in [6.07, 6.45) is 1.43. The Balaban J connectivity index is 2.57. The van der Waals surface area contributed by atoms with Crippen LogP contribution in [-0.2, 0) is 9.53 Å². The van der Waals surface area contributed by atoms with Gasteiger partial charge in [-0.3, -0.25) is 4.79 Å². The SMILES string of the molecule is CCOC(=O)C(=O)c1cc(OC)c2occc2c1Cl. The number of rotatable bonds is 4. The van der Waals surface area contributed by atoms with Crippen LogP contribution in [0.1, 0.15) is 17.3 Å². The number of carbonyl (C=O) groups excluding carboxylic acids is 2. The minimum absolute atomic E-state index is 0.0332. The summed E-state index contributed by atoms with van der Waals surface area (Å²) >= 11 is 6.11. The third-order valence-electron chi connectivity index (χ3n) is 2.56. The number of halogens is 1. The fourth-order valence-electron chi connectivity index (χ4n) is 1.70. The molecule has 1 heterocycles. The van der Waals surface area contributed by atoms with Gasteiger partial charge < -0.3 is 13.9 Å². The Morgan fingerprint density at radius 1 is 1.42 bits per heavy atom. The summed E-state index contributed by atoms with van der Waals surface area (Å²) in [4.78, 5) is 23.4. The number of furan rings is 1. The molecular formula is C13H11ClO5. The number of hydrogen-bond donors (Lipinski definition) is 0. The van der Waals surface area contributed by atoms with Gasteiger partial charge in [0.05, 0.1) is 30.6 Å². The van der Waals surface area contributed by atoms with Gasteiger partial charge in [-0.05, 0) is 19.1 Å². The van der Waals surface area contributed by atoms with Crippen LogP contribution in [-0.4, -0.2) is 25.5 Å². The van der Waals surface area contributed by atoms with E-state index in [0.29, 0.717) is 16.7 Å². The van der Waals surface area contributed by atoms with Crippen LogP contribution in [0.25, 0.3) is 11.0 Å². The third-order valence-corrected chi connectivity index (χ3v) is 2.97. The number of benzene rings is 1. The number of ether oxygens (including phenoxy) is 2. The van der Waals surface area contributed by atoms with E-state index < -0.39 is 11.8 Å². The molecule has 100 valence electrons. The van der Waals surface area contributed by atoms with Gasteiger partial charge >= 0.3 is 5.97 Å². The van der Waals surface area contributed by atoms with E-state index >= 15 is 0 Å². The van der Waals surface area contributed by atoms with E-state index in [1.807, 2.05) is 0 Å². The second-order valence-corrected chi connectivity index (χ2v) is 4.03. The molecular weight excluding hydrogens is 272 g/mol. The topological polar surface area (TPSA) is 65.7 Å². The predicted molar refractivity (Wildman–Crippen MR) is 68.7 cm³/mol. The van der Waals surface area contributed by atoms with Crippen molar-refractivity contribution >= 4 is 34.3 Å². The fourth-order valence-corrected chi connectivity index (χ4v) is 1.99. The van der Waals surface area contributed by atoms with Crippen molar-refractivity contribution in [1.82, 2.24) is 0 Å². The standard InChI is InChI=1S/C13H11ClO5/c1-3-18-13(16)11(15)8-6-9(17-2)12-7(10(8)14)4-5-19-12/h4-6H,3H2,1-2H3. The first-order chi connectivity index (χ1) is 9.10. The largest absolute Gasteiger partial charge is 0.493 e. The number of fused-ring (bicyclic) bond motifs is 1. The van der Waals surface area contributed by atoms with Crippen LogP contribution >= 0.6 is 11.6 Å². The number of Topliss-reactive ketones (excluding diaryl/α,β-unsaturated/α-hetero) is 1. The second kappa shape index (κ2) is 5.32. The number of carbonyl (C=O) groups is 2. The van der Waals surface area contributed by atoms with Crippen molar-refractivity contribution in [2.24, 2.45) is 0 Å². The van der Waals surface area contributed by atoms with Crippen LogP contribution in [0, 0.1) is 0 Å². The van der Waals surface area contributed by atoms with Crippen LogP contribution in [0.2, 0.25) is 5.02 Å². The van der Waals surface area contributed by atoms with E-state index in [1.54, 1.807) is 13.0 Å². The Kier molecular flexibility index (Phi) is 3.76. The summed E-state index contributed by atoms with van der Waals surface area (Å²) < 4.78 is 15.0. The highest BCUT2D eigenvalue weighted by molar-refractivity contribution is 6.47. The molecule has 0 N–H and O–H groups in total. The lowest BCUT2D eigenvalue weighted by molar-refractivity contribution is -0.137. The fraction of sp³-hybridized carbons (Fsp3) is 0.231. The summed E-state index contributed by atoms with van der Waals surface area (Å²) in [5.41, 5.74) is 0.457. The van der Waals surface area contributed by atoms with Gasteiger partial charge in [-0.25, -0.2) is 4.79 Å². The van der Waals surface area contributed by atoms with Crippen LogP contribution in [0.5, 0.6) is 5.75 Å². The molecule has 0 saturated heterocycles. The van der Waals surface area contributed by atoms with E-state index in [1.165, 1.54) is 19.4 Å². The van der Waals surface area contributed by atoms with Gasteiger partial charge in [0.2, 0.25) is 0 Å². The molecule has 0 atom stereocenters. The molecule has 0 aliphatic carbocycles. The Morgan fingerprint density at radius 2 is 2.16 bits per heavy atom. The summed E-state index contributed by atoms with van der Waals surface area (Å²) in [7, 11) is 1.43. The third kappa shape index (κ3) is 2.29. The van der Waals surface area contributed by atoms with Crippen molar-refractivity contribution in [1.29, 1.82) is 0 Å². The maximum atomic E-state index is 11.9. The van der Waals surface area contributed by atoms with Crippen molar-refractivity contribution < 1.29 is 23.5 Å². The molecule has 2 rings (SSSR count). The summed E-state index contributed by atoms with van der Waals surface area (Å²) in [5.74, 6) is -1.43. The quantitative estimate of drug-likeness (QED) is 0.490. The molecule has 0 aliphatic rings. The van der Waals surface area contributed by atoms with Crippen molar-refractivity contribution in [2.45, 2.75) is 6.92 Å². The summed E-state index contributed by atoms with van der Waals surface area (Å²) in [6, 6.07) is 2.97. The average Bonchev–Trinajstić information content (AvgIpc) is 2.89. The van der Waals surface area contributed by atoms with Crippen molar-refractivity contribution in [2.75, 3.05) is 13.7 Å². The molecule has 6 heteroatoms. The zero-order chi connectivity index (χ0) is 14.0. The van der Waals surface area contributed by atoms with Crippen LogP contribution < -0.4 is 4.74 Å². The van der Waals surface area contributed by atoms with Gasteiger partial charge in [-0.15, -0.1) is 0 Å². The van der Waals surface area contributed by atoms with E-state index in [0.717, 1.165) is 0 Å². The molecule has 1 aromatic heterocycles. The molecule has 0 spiro atoms. The molecule has 1 aromatic carbocycles. The Hall–Kier alpha value is -2.01. The minimum Gasteiger partial charge on any atom is -0.493 e. The molecule has 2 aromatic rings. The Bertz CT molecular complexity index is 644. The van der Waals surface area contributed by atoms with Gasteiger partial charge in [-0.1, -0.05) is 11.6 Å². The lowest BCUT2D eigenvalue weighted by atomic mass is 10.1. The highest BCUT2D eigenvalue weighted by atomic mass is 35.5. The molecule has 0 aliphatic heterocycles. The maximum absolute atomic E-state index is 11.9. The lowest BCUT2D eigenvalue weighted by Gasteiger charge is -2.07. The predicted octanol–water partition coefficient (Wildman–Crippen LogP) is 2.84. The highest BCUT2D eigenvalue weighted by Crippen LogP contribution is 2.35. The van der Waals surface area contributed by atoms with E-state index in [2.05, 4.69) is 4.74 Å². The zero-order valence-corrected chi connectivity index (χ0v) is 11.1. The first-order valence-corrected chi connectivity index (χ1v) is 5.93. The van der Waals surface area contributed by atoms with Gasteiger partial charge in [0.1, 0.15) is 0 Å². The minimum atomic E-state index is -0.950. The normalized spacial score (nSPS) is 10.5. The van der Waals surface area contributed by atoms with Crippen LogP contribution in [0.4, 0.5) is 0 Å². The summed E-state index contributed by atoms with van der Waals surface area (Å²) in [6.45, 7) is 1.74. The monoisotopic (exact) mass is 282 g/mol. The number of esters is 1. The van der Waals surface area contributed by atoms with Crippen LogP contribution in [0.15, 0.2) is 22.8 Å². The first kappa shape index (κ1) is 13.4. The van der Waals surface area contributed by atoms with E-state index in [9.17, 15) is 9.59 Å². The molecule has 5 nitrogen and oxygen atoms in total.